The molecule has 0 spiro atoms. The van der Waals surface area contributed by atoms with Crippen LogP contribution in [-0.2, 0) is 9.53 Å². The molecule has 1 aliphatic carbocycles. The molecule has 12 heavy (non-hydrogen) atoms. The SMILES string of the molecule is CC(=O)O[C@H]1CC[C@H]1[N+](C)(C)C. The number of carbonyl (C=O) groups excluding carboxylic acids is 1. The van der Waals surface area contributed by atoms with Crippen molar-refractivity contribution in [1.29, 1.82) is 0 Å². The van der Waals surface area contributed by atoms with Crippen molar-refractivity contribution in [1.82, 2.24) is 0 Å². The second-order valence-electron chi connectivity index (χ2n) is 4.41. The van der Waals surface area contributed by atoms with Gasteiger partial charge in [-0.3, -0.25) is 4.79 Å². The van der Waals surface area contributed by atoms with E-state index in [1.54, 1.807) is 0 Å². The first-order chi connectivity index (χ1) is 5.41. The predicted octanol–water partition coefficient (Wildman–Crippen LogP) is 0.787. The van der Waals surface area contributed by atoms with Crippen molar-refractivity contribution in [3.05, 3.63) is 0 Å². The number of quaternary nitrogens is 1. The van der Waals surface area contributed by atoms with Crippen molar-refractivity contribution in [3.8, 4) is 0 Å². The molecule has 3 nitrogen and oxygen atoms in total. The molecule has 0 saturated heterocycles. The Morgan fingerprint density at radius 3 is 2.17 bits per heavy atom. The highest BCUT2D eigenvalue weighted by molar-refractivity contribution is 5.66. The molecular formula is C9H18NO2+. The minimum Gasteiger partial charge on any atom is -0.456 e. The summed E-state index contributed by atoms with van der Waals surface area (Å²) in [6, 6.07) is 0.494. The average Bonchev–Trinajstić information content (AvgIpc) is 1.75. The zero-order chi connectivity index (χ0) is 9.35. The van der Waals surface area contributed by atoms with E-state index in [-0.39, 0.29) is 12.1 Å². The quantitative estimate of drug-likeness (QED) is 0.454. The third-order valence-electron chi connectivity index (χ3n) is 2.49. The summed E-state index contributed by atoms with van der Waals surface area (Å²) >= 11 is 0. The third-order valence-corrected chi connectivity index (χ3v) is 2.49. The van der Waals surface area contributed by atoms with E-state index in [2.05, 4.69) is 21.1 Å². The number of hydrogen-bond donors (Lipinski definition) is 0. The summed E-state index contributed by atoms with van der Waals surface area (Å²) in [6.45, 7) is 1.48. The van der Waals surface area contributed by atoms with E-state index in [1.165, 1.54) is 13.3 Å². The van der Waals surface area contributed by atoms with E-state index in [9.17, 15) is 4.79 Å². The highest BCUT2D eigenvalue weighted by Gasteiger charge is 2.42. The summed E-state index contributed by atoms with van der Waals surface area (Å²) in [5, 5.41) is 0. The molecule has 0 N–H and O–H groups in total. The lowest BCUT2D eigenvalue weighted by molar-refractivity contribution is -0.905. The second kappa shape index (κ2) is 3.05. The maximum atomic E-state index is 10.7. The Bertz CT molecular complexity index is 183. The number of rotatable bonds is 2. The summed E-state index contributed by atoms with van der Waals surface area (Å²) in [4.78, 5) is 10.7. The molecule has 0 heterocycles. The van der Waals surface area contributed by atoms with Crippen LogP contribution in [0.15, 0.2) is 0 Å². The maximum absolute atomic E-state index is 10.7. The minimum atomic E-state index is -0.154. The van der Waals surface area contributed by atoms with E-state index in [0.717, 1.165) is 10.9 Å². The summed E-state index contributed by atoms with van der Waals surface area (Å²) in [7, 11) is 6.42. The Hall–Kier alpha value is -0.570. The molecule has 0 bridgehead atoms. The van der Waals surface area contributed by atoms with Crippen molar-refractivity contribution >= 4 is 5.97 Å². The maximum Gasteiger partial charge on any atom is 0.303 e. The Morgan fingerprint density at radius 1 is 1.33 bits per heavy atom. The summed E-state index contributed by atoms with van der Waals surface area (Å²) < 4.78 is 6.06. The van der Waals surface area contributed by atoms with Crippen LogP contribution in [0.2, 0.25) is 0 Å². The lowest BCUT2D eigenvalue weighted by atomic mass is 9.86. The molecule has 0 radical (unpaired) electrons. The number of likely N-dealkylation sites (N-methyl/N-ethyl adjacent to an activating group) is 1. The van der Waals surface area contributed by atoms with Gasteiger partial charge in [0.05, 0.1) is 21.1 Å². The van der Waals surface area contributed by atoms with Crippen LogP contribution in [0.25, 0.3) is 0 Å². The number of ether oxygens (including phenoxy) is 1. The zero-order valence-electron chi connectivity index (χ0n) is 8.33. The van der Waals surface area contributed by atoms with Gasteiger partial charge in [0, 0.05) is 13.3 Å². The van der Waals surface area contributed by atoms with Crippen LogP contribution in [0.1, 0.15) is 19.8 Å². The first-order valence-corrected chi connectivity index (χ1v) is 4.39. The lowest BCUT2D eigenvalue weighted by Crippen LogP contribution is -2.58. The van der Waals surface area contributed by atoms with Gasteiger partial charge in [-0.2, -0.15) is 0 Å². The fraction of sp³-hybridized carbons (Fsp3) is 0.889. The Kier molecular flexibility index (Phi) is 2.42. The molecule has 3 heteroatoms. The first kappa shape index (κ1) is 9.52. The summed E-state index contributed by atoms with van der Waals surface area (Å²) in [5.74, 6) is -0.154. The lowest BCUT2D eigenvalue weighted by Gasteiger charge is -2.44. The van der Waals surface area contributed by atoms with Crippen molar-refractivity contribution in [2.45, 2.75) is 31.9 Å². The Labute approximate surface area is 73.9 Å². The van der Waals surface area contributed by atoms with Gasteiger partial charge < -0.3 is 9.22 Å². The van der Waals surface area contributed by atoms with Gasteiger partial charge in [-0.15, -0.1) is 0 Å². The molecule has 1 fully saturated rings. The molecule has 0 aromatic heterocycles. The molecule has 2 atom stereocenters. The normalized spacial score (nSPS) is 29.3. The fourth-order valence-electron chi connectivity index (χ4n) is 1.69. The van der Waals surface area contributed by atoms with Gasteiger partial charge in [0.25, 0.3) is 0 Å². The van der Waals surface area contributed by atoms with Crippen LogP contribution in [-0.4, -0.2) is 43.7 Å². The molecule has 0 amide bonds. The topological polar surface area (TPSA) is 26.3 Å². The highest BCUT2D eigenvalue weighted by Crippen LogP contribution is 2.30. The molecule has 0 unspecified atom stereocenters. The van der Waals surface area contributed by atoms with Crippen molar-refractivity contribution < 1.29 is 14.0 Å². The smallest absolute Gasteiger partial charge is 0.303 e. The summed E-state index contributed by atoms with van der Waals surface area (Å²) in [6.07, 6.45) is 2.35. The Balaban J connectivity index is 2.44. The van der Waals surface area contributed by atoms with Crippen LogP contribution in [0.5, 0.6) is 0 Å². The van der Waals surface area contributed by atoms with Gasteiger partial charge in [0.1, 0.15) is 6.04 Å². The fourth-order valence-corrected chi connectivity index (χ4v) is 1.69. The van der Waals surface area contributed by atoms with E-state index in [0.29, 0.717) is 6.04 Å². The molecular weight excluding hydrogens is 154 g/mol. The summed E-state index contributed by atoms with van der Waals surface area (Å²) in [5.41, 5.74) is 0. The zero-order valence-corrected chi connectivity index (χ0v) is 8.33. The first-order valence-electron chi connectivity index (χ1n) is 4.39. The van der Waals surface area contributed by atoms with Crippen LogP contribution >= 0.6 is 0 Å². The number of nitrogens with zero attached hydrogens (tertiary/aromatic N) is 1. The Morgan fingerprint density at radius 2 is 1.92 bits per heavy atom. The highest BCUT2D eigenvalue weighted by atomic mass is 16.5. The minimum absolute atomic E-state index is 0.154. The predicted molar refractivity (Wildman–Crippen MR) is 46.6 cm³/mol. The van der Waals surface area contributed by atoms with Crippen LogP contribution in [0.3, 0.4) is 0 Å². The molecule has 0 aromatic rings. The molecule has 0 aromatic carbocycles. The second-order valence-corrected chi connectivity index (χ2v) is 4.41. The average molecular weight is 172 g/mol. The molecule has 70 valence electrons. The van der Waals surface area contributed by atoms with Crippen LogP contribution in [0.4, 0.5) is 0 Å². The molecule has 1 saturated carbocycles. The van der Waals surface area contributed by atoms with E-state index >= 15 is 0 Å². The standard InChI is InChI=1S/C9H18NO2/c1-7(11)12-9-6-5-8(9)10(2,3)4/h8-9H,5-6H2,1-4H3/q+1/t8-,9+/m1/s1. The van der Waals surface area contributed by atoms with E-state index in [1.807, 2.05) is 0 Å². The molecule has 1 rings (SSSR count). The van der Waals surface area contributed by atoms with Gasteiger partial charge in [0.15, 0.2) is 6.10 Å². The van der Waals surface area contributed by atoms with Crippen molar-refractivity contribution in [3.63, 3.8) is 0 Å². The van der Waals surface area contributed by atoms with Crippen molar-refractivity contribution in [2.75, 3.05) is 21.1 Å². The van der Waals surface area contributed by atoms with Crippen LogP contribution in [0, 0.1) is 0 Å². The number of carbonyl (C=O) groups is 1. The number of hydrogen-bond acceptors (Lipinski definition) is 2. The van der Waals surface area contributed by atoms with E-state index in [4.69, 9.17) is 4.74 Å². The molecule has 0 aliphatic heterocycles. The van der Waals surface area contributed by atoms with Crippen molar-refractivity contribution in [2.24, 2.45) is 0 Å². The van der Waals surface area contributed by atoms with Gasteiger partial charge >= 0.3 is 5.97 Å². The molecule has 1 aliphatic rings. The van der Waals surface area contributed by atoms with E-state index < -0.39 is 0 Å². The van der Waals surface area contributed by atoms with Crippen LogP contribution < -0.4 is 0 Å². The van der Waals surface area contributed by atoms with Gasteiger partial charge in [0.2, 0.25) is 0 Å². The van der Waals surface area contributed by atoms with Gasteiger partial charge in [-0.05, 0) is 6.42 Å². The monoisotopic (exact) mass is 172 g/mol. The largest absolute Gasteiger partial charge is 0.456 e. The number of esters is 1. The van der Waals surface area contributed by atoms with Gasteiger partial charge in [-0.25, -0.2) is 0 Å². The van der Waals surface area contributed by atoms with Gasteiger partial charge in [-0.1, -0.05) is 0 Å². The third kappa shape index (κ3) is 1.97.